The number of aliphatic imine (C=N–C) groups is 1. The summed E-state index contributed by atoms with van der Waals surface area (Å²) >= 11 is 6.11. The standard InChI is InChI=1S/C26H22ClN3O4/c1-15(31)30(2)20-9-7-19(8-10-20)28-25(17-5-3-4-16(12-17)13-23(32)33)24-21-11-6-18(27)14-22(21)29-26(24)34/h3-12,14,24H,13H2,1-2H3,(H,29,34)(H,32,33). The zero-order valence-electron chi connectivity index (χ0n) is 18.6. The van der Waals surface area contributed by atoms with Gasteiger partial charge in [-0.3, -0.25) is 19.4 Å². The predicted octanol–water partition coefficient (Wildman–Crippen LogP) is 4.81. The average Bonchev–Trinajstić information content (AvgIpc) is 3.11. The topological polar surface area (TPSA) is 99.1 Å². The summed E-state index contributed by atoms with van der Waals surface area (Å²) in [5.41, 5.74) is 4.40. The fraction of sp³-hybridized carbons (Fsp3) is 0.154. The fourth-order valence-electron chi connectivity index (χ4n) is 3.89. The highest BCUT2D eigenvalue weighted by molar-refractivity contribution is 6.31. The number of aliphatic carboxylic acids is 1. The third kappa shape index (κ3) is 4.84. The normalized spacial score (nSPS) is 15.0. The molecule has 0 bridgehead atoms. The highest BCUT2D eigenvalue weighted by Gasteiger charge is 2.35. The van der Waals surface area contributed by atoms with Crippen LogP contribution in [-0.4, -0.2) is 35.6 Å². The molecule has 3 aromatic rings. The van der Waals surface area contributed by atoms with Gasteiger partial charge in [-0.25, -0.2) is 0 Å². The van der Waals surface area contributed by atoms with Crippen LogP contribution in [0.5, 0.6) is 0 Å². The Morgan fingerprint density at radius 2 is 1.82 bits per heavy atom. The Morgan fingerprint density at radius 3 is 2.50 bits per heavy atom. The van der Waals surface area contributed by atoms with Gasteiger partial charge in [-0.15, -0.1) is 0 Å². The molecule has 0 fully saturated rings. The van der Waals surface area contributed by atoms with Crippen LogP contribution >= 0.6 is 11.6 Å². The molecule has 0 aliphatic carbocycles. The van der Waals surface area contributed by atoms with Crippen molar-refractivity contribution < 1.29 is 19.5 Å². The molecule has 0 saturated carbocycles. The van der Waals surface area contributed by atoms with E-state index in [1.54, 1.807) is 67.7 Å². The second kappa shape index (κ2) is 9.49. The molecule has 7 nitrogen and oxygen atoms in total. The molecule has 1 aliphatic heterocycles. The minimum atomic E-state index is -0.945. The maximum atomic E-state index is 13.1. The number of nitrogens with zero attached hydrogens (tertiary/aromatic N) is 2. The van der Waals surface area contributed by atoms with E-state index in [0.29, 0.717) is 33.2 Å². The first-order valence-corrected chi connectivity index (χ1v) is 10.9. The summed E-state index contributed by atoms with van der Waals surface area (Å²) in [6, 6.07) is 19.3. The van der Waals surface area contributed by atoms with Crippen LogP contribution in [0.4, 0.5) is 17.1 Å². The molecule has 8 heteroatoms. The van der Waals surface area contributed by atoms with Crippen LogP contribution in [0.25, 0.3) is 0 Å². The summed E-state index contributed by atoms with van der Waals surface area (Å²) in [6.45, 7) is 1.48. The van der Waals surface area contributed by atoms with Crippen molar-refractivity contribution >= 4 is 52.2 Å². The highest BCUT2D eigenvalue weighted by atomic mass is 35.5. The SMILES string of the molecule is CC(=O)N(C)c1ccc(N=C(c2cccc(CC(=O)O)c2)C2C(=O)Nc3cc(Cl)ccc32)cc1. The van der Waals surface area contributed by atoms with E-state index in [4.69, 9.17) is 16.6 Å². The summed E-state index contributed by atoms with van der Waals surface area (Å²) in [7, 11) is 1.69. The van der Waals surface area contributed by atoms with Crippen LogP contribution in [0.15, 0.2) is 71.7 Å². The van der Waals surface area contributed by atoms with E-state index < -0.39 is 11.9 Å². The predicted molar refractivity (Wildman–Crippen MR) is 132 cm³/mol. The van der Waals surface area contributed by atoms with Crippen molar-refractivity contribution in [2.75, 3.05) is 17.3 Å². The molecule has 4 rings (SSSR count). The summed E-state index contributed by atoms with van der Waals surface area (Å²) < 4.78 is 0. The Labute approximate surface area is 201 Å². The summed E-state index contributed by atoms with van der Waals surface area (Å²) in [5, 5.41) is 12.6. The molecule has 1 aliphatic rings. The molecule has 0 spiro atoms. The van der Waals surface area contributed by atoms with E-state index in [1.807, 2.05) is 6.07 Å². The van der Waals surface area contributed by atoms with Crippen molar-refractivity contribution in [1.82, 2.24) is 0 Å². The quantitative estimate of drug-likeness (QED) is 0.500. The van der Waals surface area contributed by atoms with Gasteiger partial charge in [-0.05, 0) is 59.2 Å². The first-order chi connectivity index (χ1) is 16.2. The number of halogens is 1. The summed E-state index contributed by atoms with van der Waals surface area (Å²) in [6.07, 6.45) is -0.143. The number of anilines is 2. The van der Waals surface area contributed by atoms with E-state index in [2.05, 4.69) is 5.32 Å². The Balaban J connectivity index is 1.82. The zero-order valence-corrected chi connectivity index (χ0v) is 19.3. The second-order valence-electron chi connectivity index (χ2n) is 8.02. The lowest BCUT2D eigenvalue weighted by Crippen LogP contribution is -2.22. The molecule has 2 N–H and O–H groups in total. The number of carbonyl (C=O) groups excluding carboxylic acids is 2. The van der Waals surface area contributed by atoms with E-state index >= 15 is 0 Å². The first-order valence-electron chi connectivity index (χ1n) is 10.6. The summed E-state index contributed by atoms with van der Waals surface area (Å²) in [4.78, 5) is 42.3. The Morgan fingerprint density at radius 1 is 1.09 bits per heavy atom. The molecule has 1 heterocycles. The lowest BCUT2D eigenvalue weighted by Gasteiger charge is -2.16. The van der Waals surface area contributed by atoms with Crippen LogP contribution in [-0.2, 0) is 20.8 Å². The Hall–Kier alpha value is -3.97. The van der Waals surface area contributed by atoms with Crippen molar-refractivity contribution in [3.05, 3.63) is 88.4 Å². The number of carboxylic acids is 1. The van der Waals surface area contributed by atoms with Gasteiger partial charge in [-0.1, -0.05) is 35.9 Å². The maximum Gasteiger partial charge on any atom is 0.307 e. The van der Waals surface area contributed by atoms with Gasteiger partial charge in [0.1, 0.15) is 5.92 Å². The van der Waals surface area contributed by atoms with E-state index in [1.165, 1.54) is 11.8 Å². The van der Waals surface area contributed by atoms with Crippen molar-refractivity contribution in [1.29, 1.82) is 0 Å². The first kappa shape index (κ1) is 23.2. The zero-order chi connectivity index (χ0) is 24.4. The van der Waals surface area contributed by atoms with Gasteiger partial charge in [0.2, 0.25) is 11.8 Å². The van der Waals surface area contributed by atoms with Gasteiger partial charge in [-0.2, -0.15) is 0 Å². The molecular formula is C26H22ClN3O4. The third-order valence-corrected chi connectivity index (χ3v) is 5.89. The molecule has 1 atom stereocenters. The minimum Gasteiger partial charge on any atom is -0.481 e. The largest absolute Gasteiger partial charge is 0.481 e. The van der Waals surface area contributed by atoms with Gasteiger partial charge < -0.3 is 15.3 Å². The van der Waals surface area contributed by atoms with Crippen LogP contribution in [0.3, 0.4) is 0 Å². The van der Waals surface area contributed by atoms with Gasteiger partial charge in [0.05, 0.1) is 17.8 Å². The second-order valence-corrected chi connectivity index (χ2v) is 8.45. The number of carbonyl (C=O) groups is 3. The van der Waals surface area contributed by atoms with Gasteiger partial charge in [0.15, 0.2) is 0 Å². The van der Waals surface area contributed by atoms with Crippen LogP contribution < -0.4 is 10.2 Å². The lowest BCUT2D eigenvalue weighted by atomic mass is 9.89. The smallest absolute Gasteiger partial charge is 0.307 e. The van der Waals surface area contributed by atoms with Gasteiger partial charge in [0, 0.05) is 30.4 Å². The van der Waals surface area contributed by atoms with Crippen molar-refractivity contribution in [3.63, 3.8) is 0 Å². The highest BCUT2D eigenvalue weighted by Crippen LogP contribution is 2.38. The number of hydrogen-bond acceptors (Lipinski definition) is 4. The number of hydrogen-bond donors (Lipinski definition) is 2. The molecule has 0 radical (unpaired) electrons. The number of carboxylic acid groups (broad SMARTS) is 1. The van der Waals surface area contributed by atoms with Gasteiger partial charge >= 0.3 is 5.97 Å². The van der Waals surface area contributed by atoms with E-state index in [9.17, 15) is 19.5 Å². The van der Waals surface area contributed by atoms with Crippen molar-refractivity contribution in [2.45, 2.75) is 19.3 Å². The molecule has 2 amide bonds. The van der Waals surface area contributed by atoms with Crippen molar-refractivity contribution in [2.24, 2.45) is 4.99 Å². The minimum absolute atomic E-state index is 0.0925. The third-order valence-electron chi connectivity index (χ3n) is 5.66. The molecule has 34 heavy (non-hydrogen) atoms. The summed E-state index contributed by atoms with van der Waals surface area (Å²) in [5.74, 6) is -1.98. The van der Waals surface area contributed by atoms with E-state index in [-0.39, 0.29) is 18.2 Å². The van der Waals surface area contributed by atoms with Gasteiger partial charge in [0.25, 0.3) is 0 Å². The molecular weight excluding hydrogens is 454 g/mol. The molecule has 0 aromatic heterocycles. The monoisotopic (exact) mass is 475 g/mol. The Bertz CT molecular complexity index is 1320. The number of fused-ring (bicyclic) bond motifs is 1. The number of rotatable bonds is 6. The van der Waals surface area contributed by atoms with E-state index in [0.717, 1.165) is 11.3 Å². The van der Waals surface area contributed by atoms with Crippen LogP contribution in [0.2, 0.25) is 5.02 Å². The maximum absolute atomic E-state index is 13.1. The number of benzene rings is 3. The Kier molecular flexibility index (Phi) is 6.47. The molecule has 172 valence electrons. The number of amides is 2. The number of nitrogens with one attached hydrogen (secondary N) is 1. The fourth-order valence-corrected chi connectivity index (χ4v) is 4.06. The molecule has 1 unspecified atom stereocenters. The average molecular weight is 476 g/mol. The molecule has 3 aromatic carbocycles. The lowest BCUT2D eigenvalue weighted by molar-refractivity contribution is -0.136. The van der Waals surface area contributed by atoms with Crippen molar-refractivity contribution in [3.8, 4) is 0 Å². The molecule has 0 saturated heterocycles. The van der Waals surface area contributed by atoms with Crippen LogP contribution in [0, 0.1) is 0 Å². The van der Waals surface area contributed by atoms with Crippen LogP contribution in [0.1, 0.15) is 29.5 Å².